The molecular formula is C25H29N3O3S. The third-order valence-electron chi connectivity index (χ3n) is 5.91. The fourth-order valence-corrected chi connectivity index (χ4v) is 5.40. The first-order valence-corrected chi connectivity index (χ1v) is 12.1. The molecule has 1 saturated heterocycles. The average Bonchev–Trinajstić information content (AvgIpc) is 3.09. The molecule has 0 bridgehead atoms. The van der Waals surface area contributed by atoms with E-state index in [9.17, 15) is 14.4 Å². The van der Waals surface area contributed by atoms with Gasteiger partial charge >= 0.3 is 0 Å². The second-order valence-corrected chi connectivity index (χ2v) is 9.54. The zero-order chi connectivity index (χ0) is 22.5. The molecule has 1 atom stereocenters. The van der Waals surface area contributed by atoms with Gasteiger partial charge in [0.2, 0.25) is 11.8 Å². The van der Waals surface area contributed by atoms with Crippen LogP contribution in [0.3, 0.4) is 0 Å². The van der Waals surface area contributed by atoms with Crippen LogP contribution in [0, 0.1) is 6.92 Å². The number of nitrogens with zero attached hydrogens (tertiary/aromatic N) is 2. The highest BCUT2D eigenvalue weighted by atomic mass is 32.2. The average molecular weight is 452 g/mol. The second-order valence-electron chi connectivity index (χ2n) is 8.40. The monoisotopic (exact) mass is 451 g/mol. The number of thioether (sulfide) groups is 1. The number of carbonyl (C=O) groups is 3. The van der Waals surface area contributed by atoms with Crippen molar-refractivity contribution < 1.29 is 14.4 Å². The first kappa shape index (κ1) is 22.4. The minimum atomic E-state index is -0.840. The van der Waals surface area contributed by atoms with Crippen molar-refractivity contribution in [1.82, 2.24) is 10.2 Å². The Bertz CT molecular complexity index is 1000. The van der Waals surface area contributed by atoms with Crippen molar-refractivity contribution in [3.05, 3.63) is 59.7 Å². The van der Waals surface area contributed by atoms with Crippen LogP contribution in [0.25, 0.3) is 0 Å². The fraction of sp³-hybridized carbons (Fsp3) is 0.400. The number of fused-ring (bicyclic) bond motifs is 1. The Hall–Kier alpha value is -2.80. The van der Waals surface area contributed by atoms with E-state index in [2.05, 4.69) is 5.32 Å². The van der Waals surface area contributed by atoms with Crippen molar-refractivity contribution in [2.24, 2.45) is 0 Å². The summed E-state index contributed by atoms with van der Waals surface area (Å²) in [6.07, 6.45) is 4.18. The van der Waals surface area contributed by atoms with Crippen LogP contribution in [0.4, 0.5) is 5.69 Å². The van der Waals surface area contributed by atoms with Gasteiger partial charge in [-0.25, -0.2) is 0 Å². The predicted molar refractivity (Wildman–Crippen MR) is 127 cm³/mol. The Morgan fingerprint density at radius 3 is 2.53 bits per heavy atom. The van der Waals surface area contributed by atoms with Crippen molar-refractivity contribution >= 4 is 35.2 Å². The number of aryl methyl sites for hydroxylation is 1. The van der Waals surface area contributed by atoms with E-state index in [-0.39, 0.29) is 24.3 Å². The van der Waals surface area contributed by atoms with Gasteiger partial charge in [0.15, 0.2) is 5.25 Å². The highest BCUT2D eigenvalue weighted by Gasteiger charge is 2.40. The summed E-state index contributed by atoms with van der Waals surface area (Å²) >= 11 is 1.30. The van der Waals surface area contributed by atoms with Crippen LogP contribution in [0.15, 0.2) is 53.4 Å². The molecule has 1 fully saturated rings. The van der Waals surface area contributed by atoms with Crippen LogP contribution in [0.2, 0.25) is 0 Å². The summed E-state index contributed by atoms with van der Waals surface area (Å²) in [6.45, 7) is 3.69. The SMILES string of the molecule is Cc1cccc(CNC(=O)CN2C(=O)[C@@H](C(=O)N3CCCCCC3)Sc3ccccc32)c1. The van der Waals surface area contributed by atoms with E-state index in [1.807, 2.05) is 60.4 Å². The zero-order valence-corrected chi connectivity index (χ0v) is 19.2. The molecule has 2 aliphatic rings. The molecule has 2 heterocycles. The molecule has 0 aromatic heterocycles. The van der Waals surface area contributed by atoms with E-state index in [4.69, 9.17) is 0 Å². The zero-order valence-electron chi connectivity index (χ0n) is 18.4. The van der Waals surface area contributed by atoms with Gasteiger partial charge in [0, 0.05) is 24.5 Å². The molecule has 2 aromatic carbocycles. The molecule has 168 valence electrons. The molecule has 0 unspecified atom stereocenters. The van der Waals surface area contributed by atoms with Crippen LogP contribution in [-0.2, 0) is 20.9 Å². The molecule has 2 aliphatic heterocycles. The summed E-state index contributed by atoms with van der Waals surface area (Å²) in [6, 6.07) is 15.4. The minimum absolute atomic E-state index is 0.105. The van der Waals surface area contributed by atoms with Gasteiger partial charge in [-0.2, -0.15) is 0 Å². The van der Waals surface area contributed by atoms with Crippen LogP contribution in [0.1, 0.15) is 36.8 Å². The van der Waals surface area contributed by atoms with E-state index in [1.54, 1.807) is 0 Å². The van der Waals surface area contributed by atoms with Gasteiger partial charge in [-0.05, 0) is 37.5 Å². The van der Waals surface area contributed by atoms with Gasteiger partial charge in [0.25, 0.3) is 5.91 Å². The van der Waals surface area contributed by atoms with Crippen molar-refractivity contribution in [2.45, 2.75) is 49.3 Å². The standard InChI is InChI=1S/C25H29N3O3S/c1-18-9-8-10-19(15-18)16-26-22(29)17-28-20-11-4-5-12-21(20)32-23(25(28)31)24(30)27-13-6-2-3-7-14-27/h4-5,8-12,15,23H,2-3,6-7,13-14,16-17H2,1H3,(H,26,29)/t23-/m1/s1. The molecule has 3 amide bonds. The molecule has 2 aromatic rings. The lowest BCUT2D eigenvalue weighted by Gasteiger charge is -2.34. The Morgan fingerprint density at radius 2 is 1.78 bits per heavy atom. The first-order valence-electron chi connectivity index (χ1n) is 11.2. The maximum absolute atomic E-state index is 13.4. The first-order chi connectivity index (χ1) is 15.5. The number of benzene rings is 2. The summed E-state index contributed by atoms with van der Waals surface area (Å²) in [5.74, 6) is -0.697. The van der Waals surface area contributed by atoms with E-state index >= 15 is 0 Å². The van der Waals surface area contributed by atoms with E-state index in [1.165, 1.54) is 16.7 Å². The van der Waals surface area contributed by atoms with Gasteiger partial charge < -0.3 is 15.1 Å². The topological polar surface area (TPSA) is 69.7 Å². The number of likely N-dealkylation sites (tertiary alicyclic amines) is 1. The Balaban J connectivity index is 1.49. The van der Waals surface area contributed by atoms with Crippen LogP contribution >= 0.6 is 11.8 Å². The van der Waals surface area contributed by atoms with Gasteiger partial charge in [0.05, 0.1) is 5.69 Å². The summed E-state index contributed by atoms with van der Waals surface area (Å²) in [7, 11) is 0. The number of rotatable bonds is 5. The molecule has 6 nitrogen and oxygen atoms in total. The van der Waals surface area contributed by atoms with Gasteiger partial charge in [-0.1, -0.05) is 54.8 Å². The molecule has 0 aliphatic carbocycles. The third kappa shape index (κ3) is 5.15. The predicted octanol–water partition coefficient (Wildman–Crippen LogP) is 3.52. The molecule has 7 heteroatoms. The van der Waals surface area contributed by atoms with Crippen LogP contribution < -0.4 is 10.2 Å². The maximum Gasteiger partial charge on any atom is 0.250 e. The molecule has 32 heavy (non-hydrogen) atoms. The molecule has 1 N–H and O–H groups in total. The second kappa shape index (κ2) is 10.2. The largest absolute Gasteiger partial charge is 0.350 e. The van der Waals surface area contributed by atoms with Crippen molar-refractivity contribution in [2.75, 3.05) is 24.5 Å². The quantitative estimate of drug-likeness (QED) is 0.707. The van der Waals surface area contributed by atoms with E-state index < -0.39 is 5.25 Å². The summed E-state index contributed by atoms with van der Waals surface area (Å²) < 4.78 is 0. The van der Waals surface area contributed by atoms with E-state index in [0.29, 0.717) is 25.3 Å². The lowest BCUT2D eigenvalue weighted by atomic mass is 10.1. The summed E-state index contributed by atoms with van der Waals surface area (Å²) in [4.78, 5) is 43.5. The molecular weight excluding hydrogens is 422 g/mol. The Morgan fingerprint density at radius 1 is 1.03 bits per heavy atom. The number of hydrogen-bond donors (Lipinski definition) is 1. The number of nitrogens with one attached hydrogen (secondary N) is 1. The molecule has 0 radical (unpaired) electrons. The number of carbonyl (C=O) groups excluding carboxylic acids is 3. The maximum atomic E-state index is 13.4. The number of anilines is 1. The summed E-state index contributed by atoms with van der Waals surface area (Å²) in [5, 5.41) is 2.07. The van der Waals surface area contributed by atoms with Gasteiger partial charge in [-0.15, -0.1) is 11.8 Å². The smallest absolute Gasteiger partial charge is 0.250 e. The van der Waals surface area contributed by atoms with Crippen molar-refractivity contribution in [1.29, 1.82) is 0 Å². The highest BCUT2D eigenvalue weighted by Crippen LogP contribution is 2.39. The van der Waals surface area contributed by atoms with Crippen molar-refractivity contribution in [3.8, 4) is 0 Å². The van der Waals surface area contributed by atoms with Gasteiger partial charge in [-0.3, -0.25) is 14.4 Å². The van der Waals surface area contributed by atoms with Crippen LogP contribution in [-0.4, -0.2) is 47.5 Å². The fourth-order valence-electron chi connectivity index (χ4n) is 4.22. The summed E-state index contributed by atoms with van der Waals surface area (Å²) in [5.41, 5.74) is 2.82. The normalized spacial score (nSPS) is 18.7. The molecule has 0 saturated carbocycles. The lowest BCUT2D eigenvalue weighted by molar-refractivity contribution is -0.135. The molecule has 0 spiro atoms. The molecule has 4 rings (SSSR count). The van der Waals surface area contributed by atoms with Gasteiger partial charge in [0.1, 0.15) is 6.54 Å². The van der Waals surface area contributed by atoms with Crippen LogP contribution in [0.5, 0.6) is 0 Å². The number of hydrogen-bond acceptors (Lipinski definition) is 4. The minimum Gasteiger partial charge on any atom is -0.350 e. The third-order valence-corrected chi connectivity index (χ3v) is 7.15. The number of para-hydroxylation sites is 1. The number of amides is 3. The highest BCUT2D eigenvalue weighted by molar-refractivity contribution is 8.01. The van der Waals surface area contributed by atoms with E-state index in [0.717, 1.165) is 41.7 Å². The van der Waals surface area contributed by atoms with Crippen molar-refractivity contribution in [3.63, 3.8) is 0 Å². The Labute approximate surface area is 193 Å². The Kier molecular flexibility index (Phi) is 7.15. The lowest BCUT2D eigenvalue weighted by Crippen LogP contribution is -2.52.